The zero-order valence-corrected chi connectivity index (χ0v) is 9.86. The van der Waals surface area contributed by atoms with Crippen LogP contribution in [-0.2, 0) is 0 Å². The molecule has 0 fully saturated rings. The molecule has 3 aromatic heterocycles. The van der Waals surface area contributed by atoms with E-state index < -0.39 is 0 Å². The minimum absolute atomic E-state index is 0.464. The van der Waals surface area contributed by atoms with Crippen molar-refractivity contribution in [1.29, 1.82) is 0 Å². The Morgan fingerprint density at radius 3 is 2.94 bits per heavy atom. The average Bonchev–Trinajstić information content (AvgIpc) is 2.76. The number of nitrogens with zero attached hydrogens (tertiary/aromatic N) is 3. The van der Waals surface area contributed by atoms with Crippen molar-refractivity contribution >= 4 is 22.6 Å². The summed E-state index contributed by atoms with van der Waals surface area (Å²) >= 11 is 5.92. The Labute approximate surface area is 103 Å². The smallest absolute Gasteiger partial charge is 0.155 e. The van der Waals surface area contributed by atoms with Gasteiger partial charge in [-0.05, 0) is 30.7 Å². The van der Waals surface area contributed by atoms with Crippen LogP contribution in [0.25, 0.3) is 22.4 Å². The number of nitrogens with one attached hydrogen (secondary N) is 1. The van der Waals surface area contributed by atoms with Crippen LogP contribution in [0, 0.1) is 6.92 Å². The summed E-state index contributed by atoms with van der Waals surface area (Å²) in [5.41, 5.74) is 3.36. The Hall–Kier alpha value is -1.94. The molecule has 4 nitrogen and oxygen atoms in total. The van der Waals surface area contributed by atoms with Crippen LogP contribution in [-0.4, -0.2) is 20.2 Å². The van der Waals surface area contributed by atoms with Crippen LogP contribution in [0.5, 0.6) is 0 Å². The first-order valence-corrected chi connectivity index (χ1v) is 5.56. The number of rotatable bonds is 1. The largest absolute Gasteiger partial charge is 0.260 e. The Kier molecular flexibility index (Phi) is 2.30. The topological polar surface area (TPSA) is 54.5 Å². The van der Waals surface area contributed by atoms with Gasteiger partial charge in [0, 0.05) is 11.6 Å². The molecular formula is C12H9ClN4. The van der Waals surface area contributed by atoms with Gasteiger partial charge in [-0.2, -0.15) is 5.10 Å². The number of hydrogen-bond acceptors (Lipinski definition) is 3. The van der Waals surface area contributed by atoms with Crippen LogP contribution in [0.2, 0.25) is 5.15 Å². The van der Waals surface area contributed by atoms with Crippen LogP contribution in [0.4, 0.5) is 0 Å². The molecule has 0 spiro atoms. The zero-order chi connectivity index (χ0) is 11.8. The fourth-order valence-corrected chi connectivity index (χ4v) is 1.93. The van der Waals surface area contributed by atoms with Crippen LogP contribution in [0.3, 0.4) is 0 Å². The number of fused-ring (bicyclic) bond motifs is 1. The molecule has 0 saturated heterocycles. The third-order valence-corrected chi connectivity index (χ3v) is 2.83. The first-order chi connectivity index (χ1) is 8.25. The fourth-order valence-electron chi connectivity index (χ4n) is 1.78. The lowest BCUT2D eigenvalue weighted by Crippen LogP contribution is -1.89. The van der Waals surface area contributed by atoms with Crippen molar-refractivity contribution in [1.82, 2.24) is 20.2 Å². The minimum Gasteiger partial charge on any atom is -0.260 e. The van der Waals surface area contributed by atoms with Crippen molar-refractivity contribution in [2.24, 2.45) is 0 Å². The number of aromatic nitrogens is 4. The van der Waals surface area contributed by atoms with Gasteiger partial charge in [-0.15, -0.1) is 0 Å². The van der Waals surface area contributed by atoms with E-state index in [1.165, 1.54) is 0 Å². The van der Waals surface area contributed by atoms with Gasteiger partial charge in [0.25, 0.3) is 0 Å². The molecule has 0 bridgehead atoms. The van der Waals surface area contributed by atoms with Gasteiger partial charge < -0.3 is 0 Å². The molecule has 0 radical (unpaired) electrons. The van der Waals surface area contributed by atoms with Gasteiger partial charge in [0.05, 0.1) is 5.69 Å². The van der Waals surface area contributed by atoms with Gasteiger partial charge in [-0.1, -0.05) is 17.7 Å². The summed E-state index contributed by atoms with van der Waals surface area (Å²) in [6, 6.07) is 7.54. The van der Waals surface area contributed by atoms with E-state index in [1.54, 1.807) is 12.3 Å². The molecule has 0 aromatic carbocycles. The highest BCUT2D eigenvalue weighted by atomic mass is 35.5. The summed E-state index contributed by atoms with van der Waals surface area (Å²) in [7, 11) is 0. The maximum atomic E-state index is 5.92. The predicted molar refractivity (Wildman–Crippen MR) is 66.9 cm³/mol. The number of H-pyrrole nitrogens is 1. The standard InChI is InChI=1S/C12H9ClN4/c1-7-4-5-9(13)15-10(7)11-8-3-2-6-14-12(8)17-16-11/h2-6H,1H3,(H,14,16,17). The van der Waals surface area contributed by atoms with Gasteiger partial charge in [0.15, 0.2) is 5.65 Å². The highest BCUT2D eigenvalue weighted by Gasteiger charge is 2.12. The molecule has 5 heteroatoms. The molecule has 0 unspecified atom stereocenters. The molecular weight excluding hydrogens is 236 g/mol. The van der Waals surface area contributed by atoms with Gasteiger partial charge in [-0.25, -0.2) is 9.97 Å². The monoisotopic (exact) mass is 244 g/mol. The Morgan fingerprint density at radius 1 is 1.18 bits per heavy atom. The molecule has 0 aliphatic carbocycles. The van der Waals surface area contributed by atoms with Crippen molar-refractivity contribution in [2.45, 2.75) is 6.92 Å². The fraction of sp³-hybridized carbons (Fsp3) is 0.0833. The van der Waals surface area contributed by atoms with E-state index in [0.717, 1.165) is 28.0 Å². The minimum atomic E-state index is 0.464. The summed E-state index contributed by atoms with van der Waals surface area (Å²) in [5, 5.41) is 8.56. The molecule has 84 valence electrons. The van der Waals surface area contributed by atoms with E-state index in [4.69, 9.17) is 11.6 Å². The number of halogens is 1. The lowest BCUT2D eigenvalue weighted by atomic mass is 10.1. The third kappa shape index (κ3) is 1.66. The molecule has 0 amide bonds. The van der Waals surface area contributed by atoms with Gasteiger partial charge in [0.1, 0.15) is 10.8 Å². The van der Waals surface area contributed by atoms with E-state index >= 15 is 0 Å². The third-order valence-electron chi connectivity index (χ3n) is 2.62. The van der Waals surface area contributed by atoms with Crippen molar-refractivity contribution < 1.29 is 0 Å². The lowest BCUT2D eigenvalue weighted by Gasteiger charge is -2.02. The van der Waals surface area contributed by atoms with Crippen LogP contribution < -0.4 is 0 Å². The number of aryl methyl sites for hydroxylation is 1. The predicted octanol–water partition coefficient (Wildman–Crippen LogP) is 2.98. The second kappa shape index (κ2) is 3.82. The van der Waals surface area contributed by atoms with E-state index in [2.05, 4.69) is 20.2 Å². The van der Waals surface area contributed by atoms with Crippen molar-refractivity contribution in [3.63, 3.8) is 0 Å². The van der Waals surface area contributed by atoms with Crippen molar-refractivity contribution in [3.05, 3.63) is 41.2 Å². The molecule has 17 heavy (non-hydrogen) atoms. The molecule has 0 aliphatic rings. The molecule has 0 atom stereocenters. The first-order valence-electron chi connectivity index (χ1n) is 5.18. The quantitative estimate of drug-likeness (QED) is 0.670. The molecule has 0 saturated carbocycles. The molecule has 3 rings (SSSR count). The van der Waals surface area contributed by atoms with Crippen molar-refractivity contribution in [2.75, 3.05) is 0 Å². The summed E-state index contributed by atoms with van der Waals surface area (Å²) in [5.74, 6) is 0. The Bertz CT molecular complexity index is 690. The molecule has 1 N–H and O–H groups in total. The van der Waals surface area contributed by atoms with Crippen LogP contribution >= 0.6 is 11.6 Å². The maximum Gasteiger partial charge on any atom is 0.155 e. The number of aromatic amines is 1. The molecule has 3 aromatic rings. The van der Waals surface area contributed by atoms with Gasteiger partial charge >= 0.3 is 0 Å². The number of pyridine rings is 2. The van der Waals surface area contributed by atoms with Gasteiger partial charge in [0.2, 0.25) is 0 Å². The Morgan fingerprint density at radius 2 is 2.06 bits per heavy atom. The Balaban J connectivity index is 2.31. The normalized spacial score (nSPS) is 10.9. The summed E-state index contributed by atoms with van der Waals surface area (Å²) in [6.07, 6.45) is 1.72. The second-order valence-electron chi connectivity index (χ2n) is 3.77. The average molecular weight is 245 g/mol. The summed E-state index contributed by atoms with van der Waals surface area (Å²) in [4.78, 5) is 8.52. The van der Waals surface area contributed by atoms with Crippen molar-refractivity contribution in [3.8, 4) is 11.4 Å². The molecule has 3 heterocycles. The highest BCUT2D eigenvalue weighted by molar-refractivity contribution is 6.29. The van der Waals surface area contributed by atoms with E-state index in [1.807, 2.05) is 25.1 Å². The second-order valence-corrected chi connectivity index (χ2v) is 4.16. The summed E-state index contributed by atoms with van der Waals surface area (Å²) < 4.78 is 0. The molecule has 0 aliphatic heterocycles. The number of hydrogen-bond donors (Lipinski definition) is 1. The zero-order valence-electron chi connectivity index (χ0n) is 9.11. The SMILES string of the molecule is Cc1ccc(Cl)nc1-c1n[nH]c2ncccc12. The van der Waals surface area contributed by atoms with E-state index in [-0.39, 0.29) is 0 Å². The van der Waals surface area contributed by atoms with E-state index in [0.29, 0.717) is 5.15 Å². The van der Waals surface area contributed by atoms with E-state index in [9.17, 15) is 0 Å². The van der Waals surface area contributed by atoms with Crippen LogP contribution in [0.15, 0.2) is 30.5 Å². The van der Waals surface area contributed by atoms with Gasteiger partial charge in [-0.3, -0.25) is 5.10 Å². The van der Waals surface area contributed by atoms with Crippen LogP contribution in [0.1, 0.15) is 5.56 Å². The summed E-state index contributed by atoms with van der Waals surface area (Å²) in [6.45, 7) is 1.98. The lowest BCUT2D eigenvalue weighted by molar-refractivity contribution is 1.09. The highest BCUT2D eigenvalue weighted by Crippen LogP contribution is 2.27. The first kappa shape index (κ1) is 10.2. The maximum absolute atomic E-state index is 5.92.